The predicted octanol–water partition coefficient (Wildman–Crippen LogP) is -2.86. The Kier molecular flexibility index (Phi) is 4.02. The molecule has 0 aromatic carbocycles. The van der Waals surface area contributed by atoms with E-state index in [2.05, 4.69) is 5.14 Å². The molecule has 0 spiro atoms. The second-order valence-electron chi connectivity index (χ2n) is 1.75. The first kappa shape index (κ1) is 11.7. The molecule has 0 atom stereocenters. The molecule has 10 heteroatoms. The zero-order valence-corrected chi connectivity index (χ0v) is 7.87. The topological polar surface area (TPSA) is 130 Å². The molecule has 0 heterocycles. The Morgan fingerprint density at radius 2 is 1.67 bits per heavy atom. The van der Waals surface area contributed by atoms with Crippen LogP contribution in [0.25, 0.3) is 0 Å². The lowest BCUT2D eigenvalue weighted by Gasteiger charge is -2.05. The van der Waals surface area contributed by atoms with Crippen LogP contribution in [0.5, 0.6) is 0 Å². The van der Waals surface area contributed by atoms with E-state index in [0.29, 0.717) is 0 Å². The highest BCUT2D eigenvalue weighted by atomic mass is 32.2. The van der Waals surface area contributed by atoms with Gasteiger partial charge in [-0.3, -0.25) is 0 Å². The van der Waals surface area contributed by atoms with Crippen LogP contribution in [-0.4, -0.2) is 23.4 Å². The summed E-state index contributed by atoms with van der Waals surface area (Å²) in [5.41, 5.74) is 0. The van der Waals surface area contributed by atoms with Crippen molar-refractivity contribution in [3.05, 3.63) is 0 Å². The Morgan fingerprint density at radius 3 is 2.00 bits per heavy atom. The molecule has 0 saturated heterocycles. The zero-order chi connectivity index (χ0) is 9.83. The standard InChI is InChI=1S/C2H10N4O4S2/c1-2-4-12(9,10)6-5-11(3,7)8/h4-6H,2H2,1H3,(H2,3,7,8). The summed E-state index contributed by atoms with van der Waals surface area (Å²) in [6.45, 7) is 1.68. The van der Waals surface area contributed by atoms with E-state index in [0.717, 1.165) is 0 Å². The summed E-state index contributed by atoms with van der Waals surface area (Å²) >= 11 is 0. The highest BCUT2D eigenvalue weighted by Gasteiger charge is 2.09. The van der Waals surface area contributed by atoms with Crippen molar-refractivity contribution in [1.29, 1.82) is 0 Å². The number of rotatable bonds is 5. The fourth-order valence-corrected chi connectivity index (χ4v) is 1.69. The minimum atomic E-state index is -4.06. The SMILES string of the molecule is CCNS(=O)(=O)NNS(N)(=O)=O. The van der Waals surface area contributed by atoms with E-state index in [1.165, 1.54) is 16.6 Å². The molecule has 5 N–H and O–H groups in total. The number of nitrogens with one attached hydrogen (secondary N) is 3. The van der Waals surface area contributed by atoms with Gasteiger partial charge in [-0.25, -0.2) is 9.86 Å². The van der Waals surface area contributed by atoms with Crippen LogP contribution in [0.4, 0.5) is 0 Å². The van der Waals surface area contributed by atoms with E-state index in [1.807, 2.05) is 4.72 Å². The highest BCUT2D eigenvalue weighted by molar-refractivity contribution is 7.90. The van der Waals surface area contributed by atoms with Crippen LogP contribution in [-0.2, 0) is 20.4 Å². The van der Waals surface area contributed by atoms with Gasteiger partial charge in [0, 0.05) is 6.54 Å². The second-order valence-corrected chi connectivity index (χ2v) is 4.54. The average Bonchev–Trinajstić information content (AvgIpc) is 1.83. The summed E-state index contributed by atoms with van der Waals surface area (Å²) in [5.74, 6) is 0. The molecule has 74 valence electrons. The second kappa shape index (κ2) is 4.11. The molecule has 0 aliphatic carbocycles. The van der Waals surface area contributed by atoms with Gasteiger partial charge in [0.15, 0.2) is 0 Å². The van der Waals surface area contributed by atoms with Crippen molar-refractivity contribution in [2.45, 2.75) is 6.92 Å². The summed E-state index contributed by atoms with van der Waals surface area (Å²) in [7, 11) is -7.89. The number of nitrogens with two attached hydrogens (primary N) is 1. The number of hydrogen-bond donors (Lipinski definition) is 4. The zero-order valence-electron chi connectivity index (χ0n) is 6.23. The van der Waals surface area contributed by atoms with Gasteiger partial charge in [-0.2, -0.15) is 16.8 Å². The van der Waals surface area contributed by atoms with Crippen molar-refractivity contribution >= 4 is 20.4 Å². The van der Waals surface area contributed by atoms with Gasteiger partial charge >= 0.3 is 0 Å². The van der Waals surface area contributed by atoms with Crippen LogP contribution in [0.2, 0.25) is 0 Å². The van der Waals surface area contributed by atoms with Crippen molar-refractivity contribution < 1.29 is 16.8 Å². The van der Waals surface area contributed by atoms with Crippen LogP contribution < -0.4 is 19.5 Å². The van der Waals surface area contributed by atoms with E-state index in [9.17, 15) is 16.8 Å². The lowest BCUT2D eigenvalue weighted by atomic mass is 10.8. The van der Waals surface area contributed by atoms with Crippen molar-refractivity contribution in [2.24, 2.45) is 5.14 Å². The third kappa shape index (κ3) is 6.45. The summed E-state index contributed by atoms with van der Waals surface area (Å²) in [5, 5.41) is 4.45. The lowest BCUT2D eigenvalue weighted by Crippen LogP contribution is -2.49. The largest absolute Gasteiger partial charge is 0.290 e. The first-order valence-corrected chi connectivity index (χ1v) is 5.85. The molecule has 0 saturated carbocycles. The Morgan fingerprint density at radius 1 is 1.17 bits per heavy atom. The molecule has 0 fully saturated rings. The van der Waals surface area contributed by atoms with Crippen molar-refractivity contribution in [3.63, 3.8) is 0 Å². The Balaban J connectivity index is 4.12. The van der Waals surface area contributed by atoms with Crippen LogP contribution in [0.1, 0.15) is 6.92 Å². The molecule has 12 heavy (non-hydrogen) atoms. The molecule has 0 bridgehead atoms. The summed E-state index contributed by atoms with van der Waals surface area (Å²) in [4.78, 5) is 2.89. The van der Waals surface area contributed by atoms with E-state index < -0.39 is 20.4 Å². The first-order chi connectivity index (χ1) is 5.27. The average molecular weight is 218 g/mol. The molecule has 0 aromatic heterocycles. The molecule has 0 aliphatic heterocycles. The normalized spacial score (nSPS) is 13.2. The van der Waals surface area contributed by atoms with Crippen molar-refractivity contribution in [2.75, 3.05) is 6.54 Å². The molecule has 0 radical (unpaired) electrons. The first-order valence-electron chi connectivity index (χ1n) is 2.83. The smallest absolute Gasteiger partial charge is 0.215 e. The van der Waals surface area contributed by atoms with Gasteiger partial charge in [-0.1, -0.05) is 6.92 Å². The number of hydrazine groups is 1. The van der Waals surface area contributed by atoms with Crippen LogP contribution in [0, 0.1) is 0 Å². The molecule has 0 rings (SSSR count). The van der Waals surface area contributed by atoms with Crippen LogP contribution in [0.15, 0.2) is 0 Å². The molecule has 8 nitrogen and oxygen atoms in total. The minimum absolute atomic E-state index is 0.141. The van der Waals surface area contributed by atoms with Gasteiger partial charge in [-0.05, 0) is 0 Å². The minimum Gasteiger partial charge on any atom is -0.215 e. The van der Waals surface area contributed by atoms with Gasteiger partial charge in [-0.15, -0.1) is 9.66 Å². The fraction of sp³-hybridized carbons (Fsp3) is 1.00. The van der Waals surface area contributed by atoms with E-state index in [-0.39, 0.29) is 6.54 Å². The third-order valence-electron chi connectivity index (χ3n) is 0.653. The van der Waals surface area contributed by atoms with E-state index >= 15 is 0 Å². The Labute approximate surface area is 70.9 Å². The van der Waals surface area contributed by atoms with Crippen LogP contribution >= 0.6 is 0 Å². The van der Waals surface area contributed by atoms with E-state index in [4.69, 9.17) is 0 Å². The molecule has 0 aromatic rings. The quantitative estimate of drug-likeness (QED) is 0.370. The molecule has 0 aliphatic rings. The molecular formula is C2H10N4O4S2. The van der Waals surface area contributed by atoms with Crippen LogP contribution in [0.3, 0.4) is 0 Å². The maximum Gasteiger partial charge on any atom is 0.290 e. The Bertz CT molecular complexity index is 317. The molecule has 0 unspecified atom stereocenters. The summed E-state index contributed by atoms with van der Waals surface area (Å²) in [6.07, 6.45) is 0. The maximum absolute atomic E-state index is 10.7. The van der Waals surface area contributed by atoms with Gasteiger partial charge in [0.1, 0.15) is 0 Å². The lowest BCUT2D eigenvalue weighted by molar-refractivity contribution is 0.550. The number of hydrogen-bond acceptors (Lipinski definition) is 4. The van der Waals surface area contributed by atoms with Gasteiger partial charge < -0.3 is 0 Å². The molecular weight excluding hydrogens is 208 g/mol. The molecule has 0 amide bonds. The van der Waals surface area contributed by atoms with Gasteiger partial charge in [0.25, 0.3) is 20.4 Å². The van der Waals surface area contributed by atoms with Gasteiger partial charge in [0.2, 0.25) is 0 Å². The summed E-state index contributed by atoms with van der Waals surface area (Å²) in [6, 6.07) is 0. The highest BCUT2D eigenvalue weighted by Crippen LogP contribution is 1.72. The van der Waals surface area contributed by atoms with E-state index in [1.54, 1.807) is 0 Å². The van der Waals surface area contributed by atoms with Crippen molar-refractivity contribution in [1.82, 2.24) is 14.4 Å². The monoisotopic (exact) mass is 218 g/mol. The Hall–Kier alpha value is -0.260. The summed E-state index contributed by atoms with van der Waals surface area (Å²) < 4.78 is 43.7. The van der Waals surface area contributed by atoms with Crippen molar-refractivity contribution in [3.8, 4) is 0 Å². The third-order valence-corrected chi connectivity index (χ3v) is 2.21. The fourth-order valence-electron chi connectivity index (χ4n) is 0.339. The van der Waals surface area contributed by atoms with Gasteiger partial charge in [0.05, 0.1) is 0 Å². The maximum atomic E-state index is 10.7. The predicted molar refractivity (Wildman–Crippen MR) is 42.0 cm³/mol.